The zero-order valence-corrected chi connectivity index (χ0v) is 10.5. The molecule has 0 bridgehead atoms. The topological polar surface area (TPSA) is 44.0 Å². The van der Waals surface area contributed by atoms with Gasteiger partial charge in [-0.1, -0.05) is 20.8 Å². The minimum absolute atomic E-state index is 0.113. The summed E-state index contributed by atoms with van der Waals surface area (Å²) in [6.07, 6.45) is 1.97. The van der Waals surface area contributed by atoms with Crippen molar-refractivity contribution in [2.75, 3.05) is 26.2 Å². The minimum Gasteiger partial charge on any atom is -0.344 e. The van der Waals surface area contributed by atoms with Gasteiger partial charge in [0.1, 0.15) is 5.82 Å². The highest BCUT2D eigenvalue weighted by atomic mass is 15.2. The van der Waals surface area contributed by atoms with Gasteiger partial charge in [-0.05, 0) is 0 Å². The second kappa shape index (κ2) is 4.55. The lowest BCUT2D eigenvalue weighted by Crippen LogP contribution is -2.42. The predicted molar refractivity (Wildman–Crippen MR) is 65.4 cm³/mol. The molecular weight excluding hydrogens is 200 g/mol. The molecule has 1 aliphatic heterocycles. The van der Waals surface area contributed by atoms with E-state index in [2.05, 4.69) is 41.0 Å². The van der Waals surface area contributed by atoms with Crippen LogP contribution in [0.2, 0.25) is 0 Å². The van der Waals surface area contributed by atoms with Gasteiger partial charge >= 0.3 is 0 Å². The smallest absolute Gasteiger partial charge is 0.111 e. The lowest BCUT2D eigenvalue weighted by Gasteiger charge is -2.26. The molecule has 0 radical (unpaired) electrons. The zero-order valence-electron chi connectivity index (χ0n) is 10.5. The van der Waals surface area contributed by atoms with Crippen LogP contribution >= 0.6 is 0 Å². The average molecular weight is 222 g/mol. The summed E-state index contributed by atoms with van der Waals surface area (Å²) >= 11 is 0. The Morgan fingerprint density at radius 2 is 2.00 bits per heavy atom. The summed E-state index contributed by atoms with van der Waals surface area (Å²) in [5, 5.41) is 3.36. The number of imidazole rings is 1. The second-order valence-corrected chi connectivity index (χ2v) is 5.53. The molecule has 0 aliphatic carbocycles. The molecule has 1 fully saturated rings. The van der Waals surface area contributed by atoms with Crippen molar-refractivity contribution in [2.45, 2.75) is 32.7 Å². The first-order valence-corrected chi connectivity index (χ1v) is 6.03. The van der Waals surface area contributed by atoms with Crippen LogP contribution in [0.1, 0.15) is 32.3 Å². The molecule has 90 valence electrons. The second-order valence-electron chi connectivity index (χ2n) is 5.53. The van der Waals surface area contributed by atoms with Crippen LogP contribution in [-0.4, -0.2) is 41.0 Å². The Hall–Kier alpha value is -0.870. The monoisotopic (exact) mass is 222 g/mol. The number of aromatic nitrogens is 2. The van der Waals surface area contributed by atoms with Crippen LogP contribution < -0.4 is 5.32 Å². The molecule has 16 heavy (non-hydrogen) atoms. The van der Waals surface area contributed by atoms with Crippen LogP contribution in [-0.2, 0) is 12.0 Å². The lowest BCUT2D eigenvalue weighted by atomic mass is 9.96. The number of nitrogens with zero attached hydrogens (tertiary/aromatic N) is 2. The van der Waals surface area contributed by atoms with Gasteiger partial charge in [-0.2, -0.15) is 0 Å². The standard InChI is InChI=1S/C12H22N4/c1-12(2,3)11-14-8-10(15-11)9-16-6-4-13-5-7-16/h8,13H,4-7,9H2,1-3H3,(H,14,15). The highest BCUT2D eigenvalue weighted by Gasteiger charge is 2.18. The Morgan fingerprint density at radius 1 is 1.31 bits per heavy atom. The number of aromatic amines is 1. The molecule has 1 saturated heterocycles. The first-order chi connectivity index (χ1) is 7.55. The molecule has 1 aliphatic rings. The molecule has 0 atom stereocenters. The number of H-pyrrole nitrogens is 1. The van der Waals surface area contributed by atoms with Crippen molar-refractivity contribution in [3.63, 3.8) is 0 Å². The number of hydrogen-bond acceptors (Lipinski definition) is 3. The maximum Gasteiger partial charge on any atom is 0.111 e. The van der Waals surface area contributed by atoms with Crippen LogP contribution in [0.3, 0.4) is 0 Å². The molecule has 0 saturated carbocycles. The summed E-state index contributed by atoms with van der Waals surface area (Å²) in [6, 6.07) is 0. The minimum atomic E-state index is 0.113. The van der Waals surface area contributed by atoms with Crippen LogP contribution in [0.25, 0.3) is 0 Å². The van der Waals surface area contributed by atoms with E-state index in [1.807, 2.05) is 6.20 Å². The summed E-state index contributed by atoms with van der Waals surface area (Å²) in [5.41, 5.74) is 1.34. The number of nitrogens with one attached hydrogen (secondary N) is 2. The average Bonchev–Trinajstić information content (AvgIpc) is 2.67. The SMILES string of the molecule is CC(C)(C)c1ncc(CN2CCNCC2)[nH]1. The van der Waals surface area contributed by atoms with Crippen LogP contribution in [0.5, 0.6) is 0 Å². The summed E-state index contributed by atoms with van der Waals surface area (Å²) in [6.45, 7) is 12.0. The largest absolute Gasteiger partial charge is 0.344 e. The normalized spacial score (nSPS) is 18.9. The van der Waals surface area contributed by atoms with Crippen molar-refractivity contribution < 1.29 is 0 Å². The molecular formula is C12H22N4. The van der Waals surface area contributed by atoms with E-state index < -0.39 is 0 Å². The molecule has 4 nitrogen and oxygen atoms in total. The van der Waals surface area contributed by atoms with Crippen molar-refractivity contribution in [1.82, 2.24) is 20.2 Å². The van der Waals surface area contributed by atoms with Gasteiger partial charge in [0.2, 0.25) is 0 Å². The maximum absolute atomic E-state index is 4.46. The fourth-order valence-corrected chi connectivity index (χ4v) is 1.93. The summed E-state index contributed by atoms with van der Waals surface area (Å²) < 4.78 is 0. The molecule has 2 heterocycles. The van der Waals surface area contributed by atoms with Crippen molar-refractivity contribution in [3.05, 3.63) is 17.7 Å². The Labute approximate surface area is 97.4 Å². The highest BCUT2D eigenvalue weighted by Crippen LogP contribution is 2.18. The molecule has 2 rings (SSSR count). The van der Waals surface area contributed by atoms with Crippen LogP contribution in [0.4, 0.5) is 0 Å². The Kier molecular flexibility index (Phi) is 3.30. The van der Waals surface area contributed by atoms with Gasteiger partial charge in [0.05, 0.1) is 0 Å². The van der Waals surface area contributed by atoms with Gasteiger partial charge in [-0.15, -0.1) is 0 Å². The first-order valence-electron chi connectivity index (χ1n) is 6.03. The van der Waals surface area contributed by atoms with E-state index in [0.29, 0.717) is 0 Å². The van der Waals surface area contributed by atoms with E-state index >= 15 is 0 Å². The van der Waals surface area contributed by atoms with Crippen molar-refractivity contribution in [2.24, 2.45) is 0 Å². The van der Waals surface area contributed by atoms with E-state index in [0.717, 1.165) is 38.5 Å². The molecule has 0 unspecified atom stereocenters. The van der Waals surface area contributed by atoms with Crippen molar-refractivity contribution in [1.29, 1.82) is 0 Å². The fourth-order valence-electron chi connectivity index (χ4n) is 1.93. The quantitative estimate of drug-likeness (QED) is 0.788. The van der Waals surface area contributed by atoms with E-state index in [-0.39, 0.29) is 5.41 Å². The van der Waals surface area contributed by atoms with E-state index in [9.17, 15) is 0 Å². The number of piperazine rings is 1. The Morgan fingerprint density at radius 3 is 2.56 bits per heavy atom. The van der Waals surface area contributed by atoms with Gasteiger partial charge in [0.25, 0.3) is 0 Å². The fraction of sp³-hybridized carbons (Fsp3) is 0.750. The molecule has 1 aromatic heterocycles. The Bertz CT molecular complexity index is 331. The summed E-state index contributed by atoms with van der Waals surface area (Å²) in [5.74, 6) is 1.08. The van der Waals surface area contributed by atoms with Crippen LogP contribution in [0, 0.1) is 0 Å². The number of hydrogen-bond donors (Lipinski definition) is 2. The van der Waals surface area contributed by atoms with E-state index in [4.69, 9.17) is 0 Å². The summed E-state index contributed by atoms with van der Waals surface area (Å²) in [7, 11) is 0. The number of rotatable bonds is 2. The molecule has 4 heteroatoms. The zero-order chi connectivity index (χ0) is 11.6. The van der Waals surface area contributed by atoms with Gasteiger partial charge in [0.15, 0.2) is 0 Å². The third kappa shape index (κ3) is 2.83. The summed E-state index contributed by atoms with van der Waals surface area (Å²) in [4.78, 5) is 10.3. The molecule has 0 aromatic carbocycles. The first kappa shape index (κ1) is 11.6. The molecule has 0 spiro atoms. The Balaban J connectivity index is 1.97. The predicted octanol–water partition coefficient (Wildman–Crippen LogP) is 1.11. The van der Waals surface area contributed by atoms with Gasteiger partial charge in [-0.3, -0.25) is 4.90 Å². The maximum atomic E-state index is 4.46. The molecule has 2 N–H and O–H groups in total. The third-order valence-corrected chi connectivity index (χ3v) is 2.94. The molecule has 1 aromatic rings. The lowest BCUT2D eigenvalue weighted by molar-refractivity contribution is 0.231. The van der Waals surface area contributed by atoms with Gasteiger partial charge in [-0.25, -0.2) is 4.98 Å². The third-order valence-electron chi connectivity index (χ3n) is 2.94. The highest BCUT2D eigenvalue weighted by molar-refractivity contribution is 5.08. The van der Waals surface area contributed by atoms with E-state index in [1.165, 1.54) is 5.69 Å². The molecule has 0 amide bonds. The van der Waals surface area contributed by atoms with Crippen LogP contribution in [0.15, 0.2) is 6.20 Å². The van der Waals surface area contributed by atoms with Gasteiger partial charge < -0.3 is 10.3 Å². The van der Waals surface area contributed by atoms with Crippen molar-refractivity contribution in [3.8, 4) is 0 Å². The van der Waals surface area contributed by atoms with Crippen molar-refractivity contribution >= 4 is 0 Å². The van der Waals surface area contributed by atoms with E-state index in [1.54, 1.807) is 0 Å². The van der Waals surface area contributed by atoms with Gasteiger partial charge in [0, 0.05) is 50.0 Å².